The third-order valence-electron chi connectivity index (χ3n) is 4.61. The second kappa shape index (κ2) is 12.7. The van der Waals surface area contributed by atoms with Gasteiger partial charge in [0.1, 0.15) is 0 Å². The van der Waals surface area contributed by atoms with E-state index in [0.29, 0.717) is 11.9 Å². The van der Waals surface area contributed by atoms with Crippen molar-refractivity contribution < 1.29 is 0 Å². The minimum atomic E-state index is 0.269. The molecular formula is C24H32N10. The highest BCUT2D eigenvalue weighted by molar-refractivity contribution is 5.93. The minimum absolute atomic E-state index is 0.269. The van der Waals surface area contributed by atoms with Crippen LogP contribution < -0.4 is 21.3 Å². The molecule has 0 radical (unpaired) electrons. The second-order valence-electron chi connectivity index (χ2n) is 7.50. The molecule has 0 aliphatic carbocycles. The van der Waals surface area contributed by atoms with Crippen molar-refractivity contribution >= 4 is 29.2 Å². The molecule has 1 aromatic carbocycles. The van der Waals surface area contributed by atoms with Crippen molar-refractivity contribution in [2.24, 2.45) is 10.7 Å². The SMILES string of the molecule is CCN(CC)c1ccc(NC(N)=Nc2nc(C)cc(C)n2)cc1.Cc1cc(C)nc(NC#N)n1. The summed E-state index contributed by atoms with van der Waals surface area (Å²) < 4.78 is 0. The van der Waals surface area contributed by atoms with Crippen molar-refractivity contribution in [1.29, 1.82) is 5.26 Å². The van der Waals surface area contributed by atoms with Crippen molar-refractivity contribution in [2.45, 2.75) is 41.5 Å². The Morgan fingerprint density at radius 3 is 1.88 bits per heavy atom. The largest absolute Gasteiger partial charge is 0.372 e. The number of aliphatic imine (C=N–C) groups is 1. The van der Waals surface area contributed by atoms with Gasteiger partial charge in [-0.2, -0.15) is 10.3 Å². The molecule has 0 aliphatic heterocycles. The van der Waals surface area contributed by atoms with Gasteiger partial charge in [0.15, 0.2) is 6.19 Å². The van der Waals surface area contributed by atoms with E-state index in [-0.39, 0.29) is 5.96 Å². The van der Waals surface area contributed by atoms with Crippen LogP contribution in [-0.4, -0.2) is 39.0 Å². The smallest absolute Gasteiger partial charge is 0.253 e. The number of hydrogen-bond donors (Lipinski definition) is 3. The summed E-state index contributed by atoms with van der Waals surface area (Å²) in [6.07, 6.45) is 1.76. The molecule has 0 amide bonds. The molecule has 0 aliphatic rings. The Bertz CT molecular complexity index is 1100. The summed E-state index contributed by atoms with van der Waals surface area (Å²) in [5.74, 6) is 1.00. The molecule has 178 valence electrons. The zero-order chi connectivity index (χ0) is 25.1. The van der Waals surface area contributed by atoms with Crippen LogP contribution in [-0.2, 0) is 0 Å². The zero-order valence-electron chi connectivity index (χ0n) is 20.6. The molecular weight excluding hydrogens is 428 g/mol. The number of hydrogen-bond acceptors (Lipinski definition) is 8. The summed E-state index contributed by atoms with van der Waals surface area (Å²) in [4.78, 5) is 23.0. The van der Waals surface area contributed by atoms with E-state index < -0.39 is 0 Å². The summed E-state index contributed by atoms with van der Waals surface area (Å²) in [5.41, 5.74) is 11.5. The van der Waals surface area contributed by atoms with Crippen molar-refractivity contribution in [3.63, 3.8) is 0 Å². The van der Waals surface area contributed by atoms with Gasteiger partial charge in [-0.1, -0.05) is 0 Å². The van der Waals surface area contributed by atoms with Crippen LogP contribution in [0.15, 0.2) is 41.4 Å². The number of guanidine groups is 1. The quantitative estimate of drug-likeness (QED) is 0.215. The summed E-state index contributed by atoms with van der Waals surface area (Å²) in [5, 5.41) is 13.7. The summed E-state index contributed by atoms with van der Waals surface area (Å²) in [6.45, 7) is 13.8. The predicted molar refractivity (Wildman–Crippen MR) is 137 cm³/mol. The molecule has 2 heterocycles. The van der Waals surface area contributed by atoms with Gasteiger partial charge in [-0.15, -0.1) is 0 Å². The van der Waals surface area contributed by atoms with E-state index >= 15 is 0 Å². The van der Waals surface area contributed by atoms with Crippen molar-refractivity contribution in [1.82, 2.24) is 19.9 Å². The maximum atomic E-state index is 8.26. The molecule has 0 atom stereocenters. The first kappa shape index (κ1) is 26.0. The topological polar surface area (TPSA) is 141 Å². The van der Waals surface area contributed by atoms with E-state index in [1.54, 1.807) is 6.19 Å². The van der Waals surface area contributed by atoms with Gasteiger partial charge in [0.25, 0.3) is 5.95 Å². The average molecular weight is 461 g/mol. The Labute approximate surface area is 201 Å². The van der Waals surface area contributed by atoms with Gasteiger partial charge in [0, 0.05) is 47.2 Å². The first-order valence-corrected chi connectivity index (χ1v) is 11.0. The molecule has 0 fully saturated rings. The van der Waals surface area contributed by atoms with E-state index in [2.05, 4.69) is 66.4 Å². The van der Waals surface area contributed by atoms with E-state index in [1.165, 1.54) is 5.69 Å². The van der Waals surface area contributed by atoms with Crippen LogP contribution in [0.3, 0.4) is 0 Å². The number of nitriles is 1. The number of nitrogens with one attached hydrogen (secondary N) is 2. The fraction of sp³-hybridized carbons (Fsp3) is 0.333. The maximum absolute atomic E-state index is 8.26. The Balaban J connectivity index is 0.000000310. The van der Waals surface area contributed by atoms with Crippen LogP contribution in [0, 0.1) is 39.1 Å². The molecule has 0 saturated carbocycles. The van der Waals surface area contributed by atoms with Gasteiger partial charge in [0.05, 0.1) is 0 Å². The number of benzene rings is 1. The lowest BCUT2D eigenvalue weighted by atomic mass is 10.2. The average Bonchev–Trinajstić information content (AvgIpc) is 2.75. The summed E-state index contributed by atoms with van der Waals surface area (Å²) >= 11 is 0. The molecule has 4 N–H and O–H groups in total. The van der Waals surface area contributed by atoms with E-state index in [0.717, 1.165) is 41.6 Å². The first-order chi connectivity index (χ1) is 16.2. The molecule has 10 heteroatoms. The zero-order valence-corrected chi connectivity index (χ0v) is 20.6. The van der Waals surface area contributed by atoms with Crippen LogP contribution in [0.1, 0.15) is 36.6 Å². The first-order valence-electron chi connectivity index (χ1n) is 11.0. The molecule has 0 saturated heterocycles. The highest BCUT2D eigenvalue weighted by Gasteiger charge is 2.03. The lowest BCUT2D eigenvalue weighted by Crippen LogP contribution is -2.23. The van der Waals surface area contributed by atoms with E-state index in [4.69, 9.17) is 11.0 Å². The van der Waals surface area contributed by atoms with E-state index in [9.17, 15) is 0 Å². The van der Waals surface area contributed by atoms with Crippen LogP contribution >= 0.6 is 0 Å². The van der Waals surface area contributed by atoms with Crippen molar-refractivity contribution in [2.75, 3.05) is 28.6 Å². The summed E-state index contributed by atoms with van der Waals surface area (Å²) in [7, 11) is 0. The number of anilines is 3. The fourth-order valence-electron chi connectivity index (χ4n) is 3.22. The highest BCUT2D eigenvalue weighted by atomic mass is 15.2. The van der Waals surface area contributed by atoms with Gasteiger partial charge in [-0.05, 0) is 77.9 Å². The van der Waals surface area contributed by atoms with Crippen molar-refractivity contribution in [3.8, 4) is 6.19 Å². The molecule has 0 unspecified atom stereocenters. The van der Waals surface area contributed by atoms with Gasteiger partial charge < -0.3 is 16.0 Å². The van der Waals surface area contributed by atoms with Crippen LogP contribution in [0.4, 0.5) is 23.3 Å². The fourth-order valence-corrected chi connectivity index (χ4v) is 3.22. The number of aromatic nitrogens is 4. The standard InChI is InChI=1S/C17H24N6.C7H8N4/c1-5-23(6-2)15-9-7-14(8-10-15)21-16(18)22-17-19-12(3)11-13(4)20-17;1-5-3-6(2)11-7(10-5)9-4-8/h7-11H,5-6H2,1-4H3,(H3,18,19,20,21,22);3H,1-2H3,(H,9,10,11). The maximum Gasteiger partial charge on any atom is 0.253 e. The number of nitrogens with two attached hydrogens (primary N) is 1. The Morgan fingerprint density at radius 1 is 0.912 bits per heavy atom. The van der Waals surface area contributed by atoms with Crippen molar-refractivity contribution in [3.05, 3.63) is 59.2 Å². The summed E-state index contributed by atoms with van der Waals surface area (Å²) in [6, 6.07) is 11.8. The Morgan fingerprint density at radius 2 is 1.41 bits per heavy atom. The van der Waals surface area contributed by atoms with Gasteiger partial charge in [-0.25, -0.2) is 19.9 Å². The second-order valence-corrected chi connectivity index (χ2v) is 7.50. The molecule has 2 aromatic heterocycles. The number of rotatable bonds is 6. The van der Waals surface area contributed by atoms with Gasteiger partial charge in [-0.3, -0.25) is 5.32 Å². The van der Waals surface area contributed by atoms with Gasteiger partial charge >= 0.3 is 0 Å². The third kappa shape index (κ3) is 8.35. The van der Waals surface area contributed by atoms with Gasteiger partial charge in [0.2, 0.25) is 11.9 Å². The lowest BCUT2D eigenvalue weighted by Gasteiger charge is -2.21. The van der Waals surface area contributed by atoms with Crippen LogP contribution in [0.2, 0.25) is 0 Å². The minimum Gasteiger partial charge on any atom is -0.372 e. The highest BCUT2D eigenvalue weighted by Crippen LogP contribution is 2.17. The Kier molecular flexibility index (Phi) is 9.71. The predicted octanol–water partition coefficient (Wildman–Crippen LogP) is 3.98. The van der Waals surface area contributed by atoms with E-state index in [1.807, 2.05) is 52.0 Å². The number of aryl methyl sites for hydroxylation is 4. The molecule has 3 aromatic rings. The normalized spacial score (nSPS) is 10.6. The molecule has 3 rings (SSSR count). The Hall–Kier alpha value is -4.26. The molecule has 10 nitrogen and oxygen atoms in total. The molecule has 0 bridgehead atoms. The molecule has 34 heavy (non-hydrogen) atoms. The third-order valence-corrected chi connectivity index (χ3v) is 4.61. The number of nitrogens with zero attached hydrogens (tertiary/aromatic N) is 7. The lowest BCUT2D eigenvalue weighted by molar-refractivity contribution is 0.866. The molecule has 0 spiro atoms. The van der Waals surface area contributed by atoms with Crippen LogP contribution in [0.25, 0.3) is 0 Å². The monoisotopic (exact) mass is 460 g/mol. The van der Waals surface area contributed by atoms with Crippen LogP contribution in [0.5, 0.6) is 0 Å².